The third-order valence-corrected chi connectivity index (χ3v) is 4.39. The van der Waals surface area contributed by atoms with Gasteiger partial charge < -0.3 is 10.1 Å². The number of hydrogen-bond donors (Lipinski definition) is 1. The maximum atomic E-state index is 13.0. The Balaban J connectivity index is 1.62. The molecule has 0 radical (unpaired) electrons. The lowest BCUT2D eigenvalue weighted by atomic mass is 10.1. The molecule has 0 saturated carbocycles. The second-order valence-electron chi connectivity index (χ2n) is 5.31. The minimum Gasteiger partial charge on any atom is -0.497 e. The highest BCUT2D eigenvalue weighted by atomic mass is 32.1. The third-order valence-electron chi connectivity index (χ3n) is 3.67. The highest BCUT2D eigenvalue weighted by Gasteiger charge is 2.17. The number of methoxy groups -OCH3 is 1. The van der Waals surface area contributed by atoms with E-state index >= 15 is 0 Å². The van der Waals surface area contributed by atoms with Crippen LogP contribution in [0.1, 0.15) is 15.2 Å². The first-order valence-corrected chi connectivity index (χ1v) is 8.44. The van der Waals surface area contributed by atoms with Crippen LogP contribution in [0, 0.1) is 5.82 Å². The van der Waals surface area contributed by atoms with Crippen LogP contribution in [0.2, 0.25) is 0 Å². The van der Waals surface area contributed by atoms with Gasteiger partial charge in [-0.2, -0.15) is 0 Å². The van der Waals surface area contributed by atoms with E-state index in [4.69, 9.17) is 4.74 Å². The van der Waals surface area contributed by atoms with E-state index in [-0.39, 0.29) is 11.7 Å². The summed E-state index contributed by atoms with van der Waals surface area (Å²) in [7, 11) is 1.62. The number of halogens is 1. The number of rotatable bonds is 6. The van der Waals surface area contributed by atoms with E-state index in [0.717, 1.165) is 22.8 Å². The summed E-state index contributed by atoms with van der Waals surface area (Å²) in [5.74, 6) is 0.229. The van der Waals surface area contributed by atoms with Crippen molar-refractivity contribution < 1.29 is 13.9 Å². The van der Waals surface area contributed by atoms with Crippen LogP contribution in [-0.2, 0) is 6.42 Å². The van der Waals surface area contributed by atoms with E-state index in [0.29, 0.717) is 29.1 Å². The van der Waals surface area contributed by atoms with Crippen LogP contribution in [0.25, 0.3) is 11.3 Å². The number of ether oxygens (including phenoxy) is 1. The standard InChI is InChI=1S/C18H16FN3O2S/c1-24-15-8-2-12(3-9-15)10-11-20-18(23)17-16(21-22-25-17)13-4-6-14(19)7-5-13/h2-9H,10-11H2,1H3,(H,20,23). The first-order chi connectivity index (χ1) is 12.2. The van der Waals surface area contributed by atoms with E-state index in [9.17, 15) is 9.18 Å². The molecule has 0 spiro atoms. The Hall–Kier alpha value is -2.80. The number of hydrogen-bond acceptors (Lipinski definition) is 5. The summed E-state index contributed by atoms with van der Waals surface area (Å²) in [6, 6.07) is 13.5. The van der Waals surface area contributed by atoms with Crippen LogP contribution >= 0.6 is 11.5 Å². The molecule has 0 atom stereocenters. The largest absolute Gasteiger partial charge is 0.497 e. The number of carbonyl (C=O) groups excluding carboxylic acids is 1. The number of benzene rings is 2. The number of amides is 1. The molecule has 3 rings (SSSR count). The molecule has 0 saturated heterocycles. The summed E-state index contributed by atoms with van der Waals surface area (Å²) < 4.78 is 22.0. The van der Waals surface area contributed by atoms with Crippen molar-refractivity contribution in [1.29, 1.82) is 0 Å². The van der Waals surface area contributed by atoms with E-state index in [1.807, 2.05) is 24.3 Å². The number of carbonyl (C=O) groups is 1. The summed E-state index contributed by atoms with van der Waals surface area (Å²) in [4.78, 5) is 12.8. The molecule has 7 heteroatoms. The Morgan fingerprint density at radius 1 is 1.16 bits per heavy atom. The van der Waals surface area contributed by atoms with Crippen LogP contribution in [0.3, 0.4) is 0 Å². The maximum absolute atomic E-state index is 13.0. The van der Waals surface area contributed by atoms with Gasteiger partial charge in [-0.05, 0) is 59.9 Å². The molecule has 0 aliphatic carbocycles. The van der Waals surface area contributed by atoms with Gasteiger partial charge in [0.1, 0.15) is 22.1 Å². The van der Waals surface area contributed by atoms with Gasteiger partial charge in [0.2, 0.25) is 0 Å². The van der Waals surface area contributed by atoms with Crippen molar-refractivity contribution in [3.05, 3.63) is 64.8 Å². The van der Waals surface area contributed by atoms with Crippen molar-refractivity contribution in [3.63, 3.8) is 0 Å². The second kappa shape index (κ2) is 7.85. The fourth-order valence-corrected chi connectivity index (χ4v) is 2.93. The Labute approximate surface area is 148 Å². The fraction of sp³-hybridized carbons (Fsp3) is 0.167. The smallest absolute Gasteiger partial charge is 0.265 e. The normalized spacial score (nSPS) is 10.5. The van der Waals surface area contributed by atoms with Crippen LogP contribution < -0.4 is 10.1 Å². The Bertz CT molecular complexity index is 848. The predicted molar refractivity (Wildman–Crippen MR) is 94.3 cm³/mol. The van der Waals surface area contributed by atoms with Crippen molar-refractivity contribution in [1.82, 2.24) is 14.9 Å². The van der Waals surface area contributed by atoms with Gasteiger partial charge in [0.05, 0.1) is 7.11 Å². The van der Waals surface area contributed by atoms with Crippen molar-refractivity contribution in [2.75, 3.05) is 13.7 Å². The highest BCUT2D eigenvalue weighted by Crippen LogP contribution is 2.24. The first kappa shape index (κ1) is 17.0. The molecule has 0 aliphatic heterocycles. The Morgan fingerprint density at radius 3 is 2.56 bits per heavy atom. The van der Waals surface area contributed by atoms with Crippen molar-refractivity contribution >= 4 is 17.4 Å². The van der Waals surface area contributed by atoms with E-state index < -0.39 is 0 Å². The first-order valence-electron chi connectivity index (χ1n) is 7.67. The van der Waals surface area contributed by atoms with E-state index in [1.54, 1.807) is 19.2 Å². The molecule has 128 valence electrons. The van der Waals surface area contributed by atoms with Gasteiger partial charge in [0.25, 0.3) is 5.91 Å². The zero-order valence-corrected chi connectivity index (χ0v) is 14.3. The highest BCUT2D eigenvalue weighted by molar-refractivity contribution is 7.08. The monoisotopic (exact) mass is 357 g/mol. The molecule has 0 aliphatic rings. The van der Waals surface area contributed by atoms with Gasteiger partial charge in [-0.3, -0.25) is 4.79 Å². The van der Waals surface area contributed by atoms with Gasteiger partial charge in [-0.25, -0.2) is 4.39 Å². The van der Waals surface area contributed by atoms with Crippen molar-refractivity contribution in [2.24, 2.45) is 0 Å². The van der Waals surface area contributed by atoms with Gasteiger partial charge in [-0.15, -0.1) is 5.10 Å². The molecule has 2 aromatic carbocycles. The topological polar surface area (TPSA) is 64.1 Å². The molecule has 0 bridgehead atoms. The summed E-state index contributed by atoms with van der Waals surface area (Å²) in [6.45, 7) is 0.492. The lowest BCUT2D eigenvalue weighted by Crippen LogP contribution is -2.25. The van der Waals surface area contributed by atoms with Gasteiger partial charge in [-0.1, -0.05) is 16.6 Å². The van der Waals surface area contributed by atoms with Crippen molar-refractivity contribution in [2.45, 2.75) is 6.42 Å². The summed E-state index contributed by atoms with van der Waals surface area (Å²) in [5.41, 5.74) is 2.23. The van der Waals surface area contributed by atoms with Crippen LogP contribution in [0.15, 0.2) is 48.5 Å². The lowest BCUT2D eigenvalue weighted by Gasteiger charge is -2.06. The molecule has 0 unspecified atom stereocenters. The Kier molecular flexibility index (Phi) is 5.35. The van der Waals surface area contributed by atoms with Crippen molar-refractivity contribution in [3.8, 4) is 17.0 Å². The van der Waals surface area contributed by atoms with Gasteiger partial charge in [0, 0.05) is 12.1 Å². The molecular formula is C18H16FN3O2S. The SMILES string of the molecule is COc1ccc(CCNC(=O)c2snnc2-c2ccc(F)cc2)cc1. The zero-order valence-electron chi connectivity index (χ0n) is 13.5. The van der Waals surface area contributed by atoms with Gasteiger partial charge in [0.15, 0.2) is 0 Å². The minimum absolute atomic E-state index is 0.233. The quantitative estimate of drug-likeness (QED) is 0.735. The number of nitrogens with zero attached hydrogens (tertiary/aromatic N) is 2. The minimum atomic E-state index is -0.336. The summed E-state index contributed by atoms with van der Waals surface area (Å²) >= 11 is 1.02. The molecule has 1 heterocycles. The average molecular weight is 357 g/mol. The molecule has 5 nitrogen and oxygen atoms in total. The molecule has 0 fully saturated rings. The van der Waals surface area contributed by atoms with Crippen LogP contribution in [-0.4, -0.2) is 29.1 Å². The predicted octanol–water partition coefficient (Wildman–Crippen LogP) is 3.33. The number of aromatic nitrogens is 2. The molecule has 1 N–H and O–H groups in total. The lowest BCUT2D eigenvalue weighted by molar-refractivity contribution is 0.0958. The third kappa shape index (κ3) is 4.19. The van der Waals surface area contributed by atoms with Gasteiger partial charge >= 0.3 is 0 Å². The zero-order chi connectivity index (χ0) is 17.6. The molecular weight excluding hydrogens is 341 g/mol. The Morgan fingerprint density at radius 2 is 1.88 bits per heavy atom. The molecule has 25 heavy (non-hydrogen) atoms. The van der Waals surface area contributed by atoms with E-state index in [2.05, 4.69) is 14.9 Å². The average Bonchev–Trinajstić information content (AvgIpc) is 3.13. The number of nitrogens with one attached hydrogen (secondary N) is 1. The van der Waals surface area contributed by atoms with E-state index in [1.165, 1.54) is 12.1 Å². The summed E-state index contributed by atoms with van der Waals surface area (Å²) in [5, 5.41) is 6.86. The second-order valence-corrected chi connectivity index (χ2v) is 6.07. The maximum Gasteiger partial charge on any atom is 0.265 e. The van der Waals surface area contributed by atoms with Crippen LogP contribution in [0.5, 0.6) is 5.75 Å². The van der Waals surface area contributed by atoms with Crippen LogP contribution in [0.4, 0.5) is 4.39 Å². The summed E-state index contributed by atoms with van der Waals surface area (Å²) in [6.07, 6.45) is 0.702. The fourth-order valence-electron chi connectivity index (χ4n) is 2.33. The molecule has 1 aromatic heterocycles. The molecule has 3 aromatic rings. The molecule has 1 amide bonds.